The van der Waals surface area contributed by atoms with Crippen LogP contribution in [0.4, 0.5) is 0 Å². The molecule has 0 atom stereocenters. The zero-order valence-corrected chi connectivity index (χ0v) is 15.8. The lowest BCUT2D eigenvalue weighted by atomic mass is 10.2. The Morgan fingerprint density at radius 2 is 1.85 bits per heavy atom. The minimum absolute atomic E-state index is 0.186. The van der Waals surface area contributed by atoms with Crippen LogP contribution in [-0.2, 0) is 22.7 Å². The zero-order valence-electron chi connectivity index (χ0n) is 14.3. The van der Waals surface area contributed by atoms with E-state index >= 15 is 0 Å². The average molecular weight is 388 g/mol. The van der Waals surface area contributed by atoms with Gasteiger partial charge in [-0.2, -0.15) is 0 Å². The fourth-order valence-electron chi connectivity index (χ4n) is 2.40. The van der Waals surface area contributed by atoms with E-state index in [2.05, 4.69) is 10.2 Å². The molecule has 0 aliphatic carbocycles. The first-order valence-corrected chi connectivity index (χ1v) is 9.55. The number of carbonyl (C=O) groups is 1. The van der Waals surface area contributed by atoms with Gasteiger partial charge in [-0.25, -0.2) is 0 Å². The Morgan fingerprint density at radius 1 is 1.12 bits per heavy atom. The highest BCUT2D eigenvalue weighted by molar-refractivity contribution is 7.99. The molecular weight excluding hydrogens is 370 g/mol. The van der Waals surface area contributed by atoms with Crippen LogP contribution in [0.25, 0.3) is 11.4 Å². The number of rotatable bonds is 7. The molecule has 0 unspecified atom stereocenters. The molecule has 0 aliphatic heterocycles. The van der Waals surface area contributed by atoms with Crippen molar-refractivity contribution in [3.05, 3.63) is 65.2 Å². The summed E-state index contributed by atoms with van der Waals surface area (Å²) in [5.41, 5.74) is 1.90. The Bertz CT molecular complexity index is 866. The molecule has 7 heteroatoms. The van der Waals surface area contributed by atoms with Crippen molar-refractivity contribution in [2.75, 3.05) is 5.75 Å². The van der Waals surface area contributed by atoms with Crippen LogP contribution >= 0.6 is 23.4 Å². The average Bonchev–Trinajstić information content (AvgIpc) is 3.09. The number of nitrogens with zero attached hydrogens (tertiary/aromatic N) is 3. The zero-order chi connectivity index (χ0) is 18.4. The van der Waals surface area contributed by atoms with Crippen molar-refractivity contribution in [1.82, 2.24) is 14.8 Å². The van der Waals surface area contributed by atoms with Gasteiger partial charge >= 0.3 is 5.97 Å². The lowest BCUT2D eigenvalue weighted by Gasteiger charge is -2.08. The molecule has 2 aromatic carbocycles. The monoisotopic (exact) mass is 387 g/mol. The van der Waals surface area contributed by atoms with Gasteiger partial charge in [-0.3, -0.25) is 4.79 Å². The molecule has 0 bridgehead atoms. The summed E-state index contributed by atoms with van der Waals surface area (Å²) in [6.07, 6.45) is 0. The van der Waals surface area contributed by atoms with Crippen molar-refractivity contribution >= 4 is 29.3 Å². The van der Waals surface area contributed by atoms with Gasteiger partial charge in [-0.05, 0) is 36.8 Å². The van der Waals surface area contributed by atoms with Gasteiger partial charge in [-0.15, -0.1) is 10.2 Å². The largest absolute Gasteiger partial charge is 0.460 e. The van der Waals surface area contributed by atoms with Gasteiger partial charge in [0.25, 0.3) is 0 Å². The first kappa shape index (κ1) is 18.5. The summed E-state index contributed by atoms with van der Waals surface area (Å²) in [4.78, 5) is 12.0. The Hall–Kier alpha value is -2.31. The van der Waals surface area contributed by atoms with Crippen molar-refractivity contribution in [1.29, 1.82) is 0 Å². The number of ether oxygens (including phenoxy) is 1. The molecule has 3 aromatic rings. The molecule has 0 amide bonds. The Morgan fingerprint density at radius 3 is 2.54 bits per heavy atom. The Labute approximate surface area is 161 Å². The number of aromatic nitrogens is 3. The number of benzene rings is 2. The summed E-state index contributed by atoms with van der Waals surface area (Å²) in [5, 5.41) is 9.83. The smallest absolute Gasteiger partial charge is 0.316 e. The summed E-state index contributed by atoms with van der Waals surface area (Å²) in [5.74, 6) is 0.660. The van der Waals surface area contributed by atoms with Crippen molar-refractivity contribution in [3.8, 4) is 11.4 Å². The topological polar surface area (TPSA) is 57.0 Å². The SMILES string of the molecule is CCn1c(SCC(=O)OCc2ccccc2)nnc1-c1ccc(Cl)cc1. The van der Waals surface area contributed by atoms with Crippen LogP contribution in [0.15, 0.2) is 59.8 Å². The maximum Gasteiger partial charge on any atom is 0.316 e. The quantitative estimate of drug-likeness (QED) is 0.442. The standard InChI is InChI=1S/C19H18ClN3O2S/c1-2-23-18(15-8-10-16(20)11-9-15)21-22-19(23)26-13-17(24)25-12-14-6-4-3-5-7-14/h3-11H,2,12-13H2,1H3. The van der Waals surface area contributed by atoms with E-state index in [1.807, 2.05) is 66.1 Å². The molecule has 1 aromatic heterocycles. The number of hydrogen-bond donors (Lipinski definition) is 0. The van der Waals surface area contributed by atoms with E-state index in [4.69, 9.17) is 16.3 Å². The number of esters is 1. The van der Waals surface area contributed by atoms with E-state index in [1.165, 1.54) is 11.8 Å². The van der Waals surface area contributed by atoms with E-state index in [0.717, 1.165) is 17.0 Å². The van der Waals surface area contributed by atoms with Crippen LogP contribution in [0.2, 0.25) is 5.02 Å². The van der Waals surface area contributed by atoms with Gasteiger partial charge in [0.05, 0.1) is 5.75 Å². The van der Waals surface area contributed by atoms with Crippen molar-refractivity contribution in [3.63, 3.8) is 0 Å². The Kier molecular flexibility index (Phi) is 6.30. The van der Waals surface area contributed by atoms with Gasteiger partial charge in [0.1, 0.15) is 6.61 Å². The maximum atomic E-state index is 12.0. The Balaban J connectivity index is 1.61. The third-order valence-electron chi connectivity index (χ3n) is 3.70. The molecule has 0 radical (unpaired) electrons. The third-order valence-corrected chi connectivity index (χ3v) is 4.89. The molecule has 0 saturated heterocycles. The number of halogens is 1. The van der Waals surface area contributed by atoms with E-state index in [9.17, 15) is 4.79 Å². The minimum Gasteiger partial charge on any atom is -0.460 e. The lowest BCUT2D eigenvalue weighted by molar-refractivity contribution is -0.141. The molecule has 1 heterocycles. The van der Waals surface area contributed by atoms with E-state index in [-0.39, 0.29) is 18.3 Å². The van der Waals surface area contributed by atoms with Crippen molar-refractivity contribution in [2.24, 2.45) is 0 Å². The third kappa shape index (κ3) is 4.65. The summed E-state index contributed by atoms with van der Waals surface area (Å²) < 4.78 is 7.27. The van der Waals surface area contributed by atoms with E-state index < -0.39 is 0 Å². The molecular formula is C19H18ClN3O2S. The molecule has 0 aliphatic rings. The first-order valence-electron chi connectivity index (χ1n) is 8.19. The summed E-state index contributed by atoms with van der Waals surface area (Å²) in [6, 6.07) is 17.1. The normalized spacial score (nSPS) is 10.7. The van der Waals surface area contributed by atoms with Crippen LogP contribution in [0, 0.1) is 0 Å². The van der Waals surface area contributed by atoms with Crippen LogP contribution in [0.5, 0.6) is 0 Å². The van der Waals surface area contributed by atoms with Crippen molar-refractivity contribution < 1.29 is 9.53 Å². The summed E-state index contributed by atoms with van der Waals surface area (Å²) >= 11 is 7.26. The summed E-state index contributed by atoms with van der Waals surface area (Å²) in [6.45, 7) is 2.99. The van der Waals surface area contributed by atoms with Gasteiger partial charge in [0, 0.05) is 17.1 Å². The molecule has 5 nitrogen and oxygen atoms in total. The highest BCUT2D eigenvalue weighted by Gasteiger charge is 2.15. The minimum atomic E-state index is -0.280. The molecule has 0 saturated carbocycles. The second kappa shape index (κ2) is 8.87. The van der Waals surface area contributed by atoms with Crippen molar-refractivity contribution in [2.45, 2.75) is 25.2 Å². The molecule has 134 valence electrons. The second-order valence-corrected chi connectivity index (χ2v) is 6.87. The van der Waals surface area contributed by atoms with Crippen LogP contribution in [-0.4, -0.2) is 26.5 Å². The second-order valence-electron chi connectivity index (χ2n) is 5.49. The van der Waals surface area contributed by atoms with Gasteiger partial charge in [-0.1, -0.05) is 53.7 Å². The predicted octanol–water partition coefficient (Wildman–Crippen LogP) is 4.45. The highest BCUT2D eigenvalue weighted by atomic mass is 35.5. The fraction of sp³-hybridized carbons (Fsp3) is 0.211. The molecule has 0 spiro atoms. The molecule has 0 fully saturated rings. The van der Waals surface area contributed by atoms with E-state index in [0.29, 0.717) is 16.7 Å². The lowest BCUT2D eigenvalue weighted by Crippen LogP contribution is -2.08. The van der Waals surface area contributed by atoms with Gasteiger partial charge in [0.2, 0.25) is 0 Å². The first-order chi connectivity index (χ1) is 12.7. The maximum absolute atomic E-state index is 12.0. The van der Waals surface area contributed by atoms with Crippen LogP contribution in [0.3, 0.4) is 0 Å². The molecule has 0 N–H and O–H groups in total. The number of carbonyl (C=O) groups excluding carboxylic acids is 1. The summed E-state index contributed by atoms with van der Waals surface area (Å²) in [7, 11) is 0. The van der Waals surface area contributed by atoms with Crippen LogP contribution < -0.4 is 0 Å². The highest BCUT2D eigenvalue weighted by Crippen LogP contribution is 2.25. The molecule has 26 heavy (non-hydrogen) atoms. The van der Waals surface area contributed by atoms with E-state index in [1.54, 1.807) is 0 Å². The fourth-order valence-corrected chi connectivity index (χ4v) is 3.32. The van der Waals surface area contributed by atoms with Crippen LogP contribution in [0.1, 0.15) is 12.5 Å². The van der Waals surface area contributed by atoms with Gasteiger partial charge < -0.3 is 9.30 Å². The molecule has 3 rings (SSSR count). The number of hydrogen-bond acceptors (Lipinski definition) is 5. The van der Waals surface area contributed by atoms with Gasteiger partial charge in [0.15, 0.2) is 11.0 Å². The number of thioether (sulfide) groups is 1. The predicted molar refractivity (Wildman–Crippen MR) is 103 cm³/mol.